The topological polar surface area (TPSA) is 62.3 Å². The average molecular weight is 247 g/mol. The van der Waals surface area contributed by atoms with Gasteiger partial charge in [0, 0.05) is 37.6 Å². The maximum Gasteiger partial charge on any atom is 0.124 e. The van der Waals surface area contributed by atoms with Gasteiger partial charge in [0.1, 0.15) is 5.84 Å². The van der Waals surface area contributed by atoms with Crippen LogP contribution in [0.4, 0.5) is 5.69 Å². The largest absolute Gasteiger partial charge is 0.384 e. The van der Waals surface area contributed by atoms with E-state index in [1.807, 2.05) is 12.1 Å². The lowest BCUT2D eigenvalue weighted by atomic mass is 10.0. The molecule has 0 bridgehead atoms. The lowest BCUT2D eigenvalue weighted by Gasteiger charge is -2.34. The van der Waals surface area contributed by atoms with Crippen molar-refractivity contribution in [2.45, 2.75) is 25.8 Å². The van der Waals surface area contributed by atoms with Gasteiger partial charge in [-0.15, -0.1) is 0 Å². The van der Waals surface area contributed by atoms with E-state index in [4.69, 9.17) is 15.9 Å². The number of benzene rings is 1. The SMILES string of the molecule is Cc1ccc(C(=N)N)c(N(C)C2CCOCC2)c1. The van der Waals surface area contributed by atoms with Crippen LogP contribution in [-0.2, 0) is 4.74 Å². The average Bonchev–Trinajstić information content (AvgIpc) is 2.38. The number of hydrogen-bond donors (Lipinski definition) is 2. The smallest absolute Gasteiger partial charge is 0.124 e. The fourth-order valence-electron chi connectivity index (χ4n) is 2.43. The predicted octanol–water partition coefficient (Wildman–Crippen LogP) is 1.89. The second-order valence-electron chi connectivity index (χ2n) is 4.89. The summed E-state index contributed by atoms with van der Waals surface area (Å²) in [6.45, 7) is 3.69. The van der Waals surface area contributed by atoms with Crippen molar-refractivity contribution < 1.29 is 4.74 Å². The molecule has 1 aliphatic heterocycles. The molecule has 1 aromatic carbocycles. The molecule has 1 saturated heterocycles. The van der Waals surface area contributed by atoms with Crippen LogP contribution in [0, 0.1) is 12.3 Å². The summed E-state index contributed by atoms with van der Waals surface area (Å²) in [5.74, 6) is 0.129. The number of hydrogen-bond acceptors (Lipinski definition) is 3. The third-order valence-electron chi connectivity index (χ3n) is 3.56. The van der Waals surface area contributed by atoms with Gasteiger partial charge in [-0.2, -0.15) is 0 Å². The van der Waals surface area contributed by atoms with E-state index < -0.39 is 0 Å². The molecule has 2 rings (SSSR count). The third-order valence-corrected chi connectivity index (χ3v) is 3.56. The highest BCUT2D eigenvalue weighted by Gasteiger charge is 2.21. The van der Waals surface area contributed by atoms with E-state index in [9.17, 15) is 0 Å². The first-order valence-electron chi connectivity index (χ1n) is 6.35. The molecular formula is C14H21N3O. The van der Waals surface area contributed by atoms with Crippen LogP contribution in [0.3, 0.4) is 0 Å². The van der Waals surface area contributed by atoms with Gasteiger partial charge in [-0.1, -0.05) is 6.07 Å². The number of nitrogens with one attached hydrogen (secondary N) is 1. The van der Waals surface area contributed by atoms with Gasteiger partial charge < -0.3 is 15.4 Å². The zero-order chi connectivity index (χ0) is 13.1. The van der Waals surface area contributed by atoms with Gasteiger partial charge in [-0.25, -0.2) is 0 Å². The molecule has 0 saturated carbocycles. The van der Waals surface area contributed by atoms with Crippen LogP contribution in [0.2, 0.25) is 0 Å². The Morgan fingerprint density at radius 2 is 2.06 bits per heavy atom. The number of aryl methyl sites for hydroxylation is 1. The minimum Gasteiger partial charge on any atom is -0.384 e. The summed E-state index contributed by atoms with van der Waals surface area (Å²) in [5.41, 5.74) is 8.72. The number of nitrogens with two attached hydrogens (primary N) is 1. The minimum absolute atomic E-state index is 0.129. The van der Waals surface area contributed by atoms with Crippen LogP contribution in [0.5, 0.6) is 0 Å². The van der Waals surface area contributed by atoms with E-state index in [0.29, 0.717) is 6.04 Å². The molecular weight excluding hydrogens is 226 g/mol. The van der Waals surface area contributed by atoms with Gasteiger partial charge in [0.2, 0.25) is 0 Å². The number of rotatable bonds is 3. The molecule has 1 aromatic rings. The molecule has 0 aromatic heterocycles. The number of nitrogens with zero attached hydrogens (tertiary/aromatic N) is 1. The Labute approximate surface area is 108 Å². The highest BCUT2D eigenvalue weighted by molar-refractivity contribution is 6.00. The van der Waals surface area contributed by atoms with Crippen LogP contribution in [0.25, 0.3) is 0 Å². The fourth-order valence-corrected chi connectivity index (χ4v) is 2.43. The van der Waals surface area contributed by atoms with Crippen LogP contribution in [-0.4, -0.2) is 32.1 Å². The molecule has 0 radical (unpaired) electrons. The molecule has 4 heteroatoms. The standard InChI is InChI=1S/C14H21N3O/c1-10-3-4-12(14(15)16)13(9-10)17(2)11-5-7-18-8-6-11/h3-4,9,11H,5-8H2,1-2H3,(H3,15,16). The summed E-state index contributed by atoms with van der Waals surface area (Å²) >= 11 is 0. The molecule has 0 unspecified atom stereocenters. The second-order valence-corrected chi connectivity index (χ2v) is 4.89. The first-order chi connectivity index (χ1) is 8.59. The summed E-state index contributed by atoms with van der Waals surface area (Å²) in [5, 5.41) is 7.68. The normalized spacial score (nSPS) is 16.6. The highest BCUT2D eigenvalue weighted by atomic mass is 16.5. The molecule has 1 aliphatic rings. The van der Waals surface area contributed by atoms with E-state index >= 15 is 0 Å². The zero-order valence-corrected chi connectivity index (χ0v) is 11.1. The second kappa shape index (κ2) is 5.40. The minimum atomic E-state index is 0.129. The highest BCUT2D eigenvalue weighted by Crippen LogP contribution is 2.26. The third kappa shape index (κ3) is 2.64. The Hall–Kier alpha value is -1.55. The molecule has 4 nitrogen and oxygen atoms in total. The van der Waals surface area contributed by atoms with Crippen LogP contribution in [0.15, 0.2) is 18.2 Å². The van der Waals surface area contributed by atoms with Gasteiger partial charge in [-0.05, 0) is 37.5 Å². The van der Waals surface area contributed by atoms with Crippen molar-refractivity contribution in [3.63, 3.8) is 0 Å². The predicted molar refractivity (Wildman–Crippen MR) is 74.4 cm³/mol. The Morgan fingerprint density at radius 3 is 2.67 bits per heavy atom. The Kier molecular flexibility index (Phi) is 3.87. The molecule has 98 valence electrons. The summed E-state index contributed by atoms with van der Waals surface area (Å²) < 4.78 is 5.39. The molecule has 1 fully saturated rings. The first kappa shape index (κ1) is 12.9. The van der Waals surface area contributed by atoms with E-state index in [2.05, 4.69) is 24.9 Å². The van der Waals surface area contributed by atoms with Gasteiger partial charge >= 0.3 is 0 Å². The number of amidine groups is 1. The molecule has 0 amide bonds. The number of ether oxygens (including phenoxy) is 1. The van der Waals surface area contributed by atoms with E-state index in [1.54, 1.807) is 0 Å². The van der Waals surface area contributed by atoms with E-state index in [-0.39, 0.29) is 5.84 Å². The Morgan fingerprint density at radius 1 is 1.39 bits per heavy atom. The maximum atomic E-state index is 7.68. The van der Waals surface area contributed by atoms with Crippen molar-refractivity contribution in [3.05, 3.63) is 29.3 Å². The van der Waals surface area contributed by atoms with Crippen molar-refractivity contribution in [2.24, 2.45) is 5.73 Å². The van der Waals surface area contributed by atoms with Crippen LogP contribution >= 0.6 is 0 Å². The van der Waals surface area contributed by atoms with E-state index in [0.717, 1.165) is 37.3 Å². The molecule has 0 aliphatic carbocycles. The van der Waals surface area contributed by atoms with Crippen molar-refractivity contribution in [1.29, 1.82) is 5.41 Å². The molecule has 1 heterocycles. The number of anilines is 1. The summed E-state index contributed by atoms with van der Waals surface area (Å²) in [7, 11) is 2.08. The van der Waals surface area contributed by atoms with Gasteiger partial charge in [0.15, 0.2) is 0 Å². The lowest BCUT2D eigenvalue weighted by molar-refractivity contribution is 0.0855. The number of nitrogen functional groups attached to an aromatic ring is 1. The van der Waals surface area contributed by atoms with Gasteiger partial charge in [-0.3, -0.25) is 5.41 Å². The van der Waals surface area contributed by atoms with Crippen molar-refractivity contribution in [2.75, 3.05) is 25.2 Å². The van der Waals surface area contributed by atoms with Crippen molar-refractivity contribution in [1.82, 2.24) is 0 Å². The molecule has 3 N–H and O–H groups in total. The fraction of sp³-hybridized carbons (Fsp3) is 0.500. The molecule has 0 spiro atoms. The Balaban J connectivity index is 2.30. The zero-order valence-electron chi connectivity index (χ0n) is 11.1. The maximum absolute atomic E-state index is 7.68. The quantitative estimate of drug-likeness (QED) is 0.633. The summed E-state index contributed by atoms with van der Waals surface area (Å²) in [6, 6.07) is 6.51. The molecule has 18 heavy (non-hydrogen) atoms. The van der Waals surface area contributed by atoms with Crippen LogP contribution < -0.4 is 10.6 Å². The van der Waals surface area contributed by atoms with E-state index in [1.165, 1.54) is 5.56 Å². The van der Waals surface area contributed by atoms with Crippen LogP contribution in [0.1, 0.15) is 24.0 Å². The lowest BCUT2D eigenvalue weighted by Crippen LogP contribution is -2.37. The summed E-state index contributed by atoms with van der Waals surface area (Å²) in [6.07, 6.45) is 2.06. The monoisotopic (exact) mass is 247 g/mol. The summed E-state index contributed by atoms with van der Waals surface area (Å²) in [4.78, 5) is 2.24. The van der Waals surface area contributed by atoms with Gasteiger partial charge in [0.05, 0.1) is 0 Å². The Bertz CT molecular complexity index is 439. The molecule has 0 atom stereocenters. The van der Waals surface area contributed by atoms with Crippen molar-refractivity contribution in [3.8, 4) is 0 Å². The van der Waals surface area contributed by atoms with Crippen molar-refractivity contribution >= 4 is 11.5 Å². The first-order valence-corrected chi connectivity index (χ1v) is 6.35. The van der Waals surface area contributed by atoms with Gasteiger partial charge in [0.25, 0.3) is 0 Å².